The first-order valence-corrected chi connectivity index (χ1v) is 14.5. The van der Waals surface area contributed by atoms with Crippen LogP contribution in [0.4, 0.5) is 23.4 Å². The zero-order valence-corrected chi connectivity index (χ0v) is 25.9. The number of aliphatic imine (C=N–C) groups is 1. The van der Waals surface area contributed by atoms with E-state index in [9.17, 15) is 13.2 Å². The second kappa shape index (κ2) is 12.7. The standard InChI is InChI=1S/C29H35ClF4N4O.C2H6/c1-7-8-21(39-14-28-9-10-38(28)13-15(2)12-28)36-19(6)22-17(4)25(30)23(26(31)18(22)5)27-24(29(32,33)34)16(3)11-20(35)37-27;1-2/h8,11,15H,7,9-10,12-14H2,1-6H3,(H2,35,37);1-2H3/b21-8-,36-19-;. The van der Waals surface area contributed by atoms with Crippen LogP contribution in [0.1, 0.15) is 81.7 Å². The Kier molecular flexibility index (Phi) is 10.2. The van der Waals surface area contributed by atoms with Crippen molar-refractivity contribution in [3.05, 3.63) is 56.7 Å². The zero-order chi connectivity index (χ0) is 30.9. The minimum atomic E-state index is -4.78. The molecule has 2 aromatic rings. The highest BCUT2D eigenvalue weighted by molar-refractivity contribution is 6.34. The molecule has 0 radical (unpaired) electrons. The van der Waals surface area contributed by atoms with E-state index in [-0.39, 0.29) is 27.5 Å². The Morgan fingerprint density at radius 1 is 1.27 bits per heavy atom. The van der Waals surface area contributed by atoms with Gasteiger partial charge in [0.2, 0.25) is 5.88 Å². The average molecular weight is 597 g/mol. The molecule has 1 aromatic heterocycles. The van der Waals surface area contributed by atoms with Gasteiger partial charge < -0.3 is 10.5 Å². The van der Waals surface area contributed by atoms with Crippen molar-refractivity contribution in [1.82, 2.24) is 9.88 Å². The van der Waals surface area contributed by atoms with Crippen LogP contribution in [0.5, 0.6) is 0 Å². The van der Waals surface area contributed by atoms with Crippen LogP contribution >= 0.6 is 11.6 Å². The summed E-state index contributed by atoms with van der Waals surface area (Å²) in [7, 11) is 0. The van der Waals surface area contributed by atoms with Crippen LogP contribution in [-0.2, 0) is 10.9 Å². The maximum absolute atomic E-state index is 15.9. The Morgan fingerprint density at radius 2 is 1.93 bits per heavy atom. The summed E-state index contributed by atoms with van der Waals surface area (Å²) in [6.45, 7) is 17.0. The van der Waals surface area contributed by atoms with Crippen molar-refractivity contribution in [1.29, 1.82) is 0 Å². The molecule has 2 saturated heterocycles. The first kappa shape index (κ1) is 32.9. The van der Waals surface area contributed by atoms with Crippen LogP contribution in [0, 0.1) is 32.5 Å². The number of hydrogen-bond acceptors (Lipinski definition) is 5. The maximum atomic E-state index is 15.9. The number of aryl methyl sites for hydroxylation is 1. The number of alkyl halides is 3. The average Bonchev–Trinajstić information content (AvgIpc) is 3.09. The summed E-state index contributed by atoms with van der Waals surface area (Å²) in [5.74, 6) is -0.00702. The van der Waals surface area contributed by atoms with Gasteiger partial charge in [-0.25, -0.2) is 14.4 Å². The summed E-state index contributed by atoms with van der Waals surface area (Å²) in [4.78, 5) is 11.0. The van der Waals surface area contributed by atoms with E-state index in [4.69, 9.17) is 22.1 Å². The molecule has 0 bridgehead atoms. The molecule has 0 aliphatic carbocycles. The number of rotatable bonds is 7. The number of aromatic nitrogens is 1. The van der Waals surface area contributed by atoms with E-state index in [1.165, 1.54) is 13.8 Å². The van der Waals surface area contributed by atoms with Crippen molar-refractivity contribution < 1.29 is 22.3 Å². The van der Waals surface area contributed by atoms with Crippen molar-refractivity contribution in [3.63, 3.8) is 0 Å². The SMILES string of the molecule is CC.CC/C=C(/N=C(/C)c1c(C)c(F)c(-c2nc(N)cc(C)c2C(F)(F)F)c(Cl)c1C)OCC12CCN1CC(C)C2. The number of pyridine rings is 1. The van der Waals surface area contributed by atoms with Gasteiger partial charge in [-0.3, -0.25) is 4.90 Å². The van der Waals surface area contributed by atoms with Crippen LogP contribution in [0.2, 0.25) is 5.02 Å². The van der Waals surface area contributed by atoms with E-state index in [2.05, 4.69) is 21.8 Å². The van der Waals surface area contributed by atoms with Gasteiger partial charge in [-0.1, -0.05) is 39.3 Å². The molecule has 2 aliphatic heterocycles. The molecule has 2 unspecified atom stereocenters. The van der Waals surface area contributed by atoms with Crippen molar-refractivity contribution in [2.75, 3.05) is 25.4 Å². The molecule has 4 rings (SSSR count). The predicted molar refractivity (Wildman–Crippen MR) is 159 cm³/mol. The number of nitrogen functional groups attached to an aromatic ring is 1. The van der Waals surface area contributed by atoms with Crippen LogP contribution < -0.4 is 5.73 Å². The van der Waals surface area contributed by atoms with Gasteiger partial charge in [-0.05, 0) is 81.7 Å². The summed E-state index contributed by atoms with van der Waals surface area (Å²) in [5.41, 5.74) is 4.90. The van der Waals surface area contributed by atoms with E-state index >= 15 is 4.39 Å². The summed E-state index contributed by atoms with van der Waals surface area (Å²) in [5, 5.41) is -0.170. The monoisotopic (exact) mass is 596 g/mol. The first-order chi connectivity index (χ1) is 19.2. The Morgan fingerprint density at radius 3 is 2.46 bits per heavy atom. The van der Waals surface area contributed by atoms with Crippen LogP contribution in [0.3, 0.4) is 0 Å². The second-order valence-corrected chi connectivity index (χ2v) is 11.3. The van der Waals surface area contributed by atoms with Gasteiger partial charge in [0, 0.05) is 24.4 Å². The second-order valence-electron chi connectivity index (χ2n) is 10.9. The molecule has 226 valence electrons. The molecule has 0 saturated carbocycles. The number of nitrogens with zero attached hydrogens (tertiary/aromatic N) is 3. The van der Waals surface area contributed by atoms with Gasteiger partial charge in [-0.15, -0.1) is 0 Å². The van der Waals surface area contributed by atoms with Gasteiger partial charge in [0.15, 0.2) is 0 Å². The number of nitrogens with two attached hydrogens (primary N) is 1. The van der Waals surface area contributed by atoms with Crippen LogP contribution in [0.15, 0.2) is 23.0 Å². The fourth-order valence-electron chi connectivity index (χ4n) is 6.11. The molecule has 2 N–H and O–H groups in total. The Balaban J connectivity index is 0.00000226. The molecule has 3 heterocycles. The van der Waals surface area contributed by atoms with E-state index in [0.717, 1.165) is 32.0 Å². The van der Waals surface area contributed by atoms with Gasteiger partial charge in [0.1, 0.15) is 18.2 Å². The van der Waals surface area contributed by atoms with E-state index in [0.29, 0.717) is 41.7 Å². The van der Waals surface area contributed by atoms with Crippen molar-refractivity contribution in [2.45, 2.75) is 86.4 Å². The van der Waals surface area contributed by atoms with Crippen molar-refractivity contribution >= 4 is 23.1 Å². The highest BCUT2D eigenvalue weighted by atomic mass is 35.5. The molecular weight excluding hydrogens is 556 g/mol. The normalized spacial score (nSPS) is 21.2. The Bertz CT molecular complexity index is 1330. The molecule has 1 aromatic carbocycles. The molecule has 41 heavy (non-hydrogen) atoms. The molecule has 0 amide bonds. The lowest BCUT2D eigenvalue weighted by Crippen LogP contribution is -2.58. The smallest absolute Gasteiger partial charge is 0.418 e. The lowest BCUT2D eigenvalue weighted by molar-refractivity contribution is -0.137. The first-order valence-electron chi connectivity index (χ1n) is 14.2. The number of benzene rings is 1. The topological polar surface area (TPSA) is 63.7 Å². The Labute approximate surface area is 245 Å². The lowest BCUT2D eigenvalue weighted by atomic mass is 9.84. The number of allylic oxidation sites excluding steroid dienone is 1. The van der Waals surface area contributed by atoms with E-state index < -0.39 is 28.8 Å². The lowest BCUT2D eigenvalue weighted by Gasteiger charge is -2.47. The van der Waals surface area contributed by atoms with Gasteiger partial charge in [-0.2, -0.15) is 13.2 Å². The number of anilines is 1. The molecule has 10 heteroatoms. The van der Waals surface area contributed by atoms with Gasteiger partial charge in [0.05, 0.1) is 27.4 Å². The summed E-state index contributed by atoms with van der Waals surface area (Å²) in [6.07, 6.45) is -0.0680. The number of fused-ring (bicyclic) bond motifs is 1. The molecule has 2 fully saturated rings. The molecule has 5 nitrogen and oxygen atoms in total. The predicted octanol–water partition coefficient (Wildman–Crippen LogP) is 8.65. The molecule has 0 spiro atoms. The summed E-state index contributed by atoms with van der Waals surface area (Å²) >= 11 is 6.59. The van der Waals surface area contributed by atoms with E-state index in [1.54, 1.807) is 13.8 Å². The zero-order valence-electron chi connectivity index (χ0n) is 25.2. The highest BCUT2D eigenvalue weighted by Gasteiger charge is 2.51. The van der Waals surface area contributed by atoms with Crippen molar-refractivity contribution in [3.8, 4) is 11.3 Å². The van der Waals surface area contributed by atoms with E-state index in [1.807, 2.05) is 26.8 Å². The minimum Gasteiger partial charge on any atom is -0.476 e. The minimum absolute atomic E-state index is 0.0391. The number of halogens is 5. The number of ether oxygens (including phenoxy) is 1. The molecule has 2 aliphatic rings. The van der Waals surface area contributed by atoms with Gasteiger partial charge in [0.25, 0.3) is 0 Å². The maximum Gasteiger partial charge on any atom is 0.418 e. The fourth-order valence-corrected chi connectivity index (χ4v) is 6.38. The third-order valence-corrected chi connectivity index (χ3v) is 8.36. The summed E-state index contributed by atoms with van der Waals surface area (Å²) in [6, 6.07) is 1.11. The third-order valence-electron chi connectivity index (χ3n) is 7.89. The van der Waals surface area contributed by atoms with Gasteiger partial charge >= 0.3 is 6.18 Å². The summed E-state index contributed by atoms with van der Waals surface area (Å²) < 4.78 is 64.1. The Hall–Kier alpha value is -2.65. The van der Waals surface area contributed by atoms with Crippen LogP contribution in [0.25, 0.3) is 11.3 Å². The fraction of sp³-hybridized carbons (Fsp3) is 0.548. The molecule has 2 atom stereocenters. The van der Waals surface area contributed by atoms with Crippen LogP contribution in [-0.4, -0.2) is 40.8 Å². The third kappa shape index (κ3) is 6.41. The quantitative estimate of drug-likeness (QED) is 0.197. The molecular formula is C31H41ClF4N4O. The number of hydrogen-bond donors (Lipinski definition) is 1. The van der Waals surface area contributed by atoms with Crippen molar-refractivity contribution in [2.24, 2.45) is 10.9 Å². The largest absolute Gasteiger partial charge is 0.476 e. The highest BCUT2D eigenvalue weighted by Crippen LogP contribution is 2.45.